The minimum absolute atomic E-state index is 0.169. The van der Waals surface area contributed by atoms with Gasteiger partial charge in [0.15, 0.2) is 0 Å². The molecule has 3 aromatic rings. The van der Waals surface area contributed by atoms with Crippen molar-refractivity contribution in [3.63, 3.8) is 0 Å². The van der Waals surface area contributed by atoms with E-state index in [1.807, 2.05) is 36.4 Å². The molecule has 0 radical (unpaired) electrons. The van der Waals surface area contributed by atoms with Crippen LogP contribution in [0.5, 0.6) is 5.75 Å². The van der Waals surface area contributed by atoms with Crippen LogP contribution < -0.4 is 15.0 Å². The van der Waals surface area contributed by atoms with Gasteiger partial charge in [0.1, 0.15) is 24.0 Å². The van der Waals surface area contributed by atoms with Crippen molar-refractivity contribution in [3.05, 3.63) is 94.6 Å². The van der Waals surface area contributed by atoms with Crippen LogP contribution in [-0.2, 0) is 13.0 Å². The van der Waals surface area contributed by atoms with Crippen LogP contribution in [0.4, 0.5) is 23.2 Å². The van der Waals surface area contributed by atoms with E-state index < -0.39 is 30.1 Å². The highest BCUT2D eigenvalue weighted by molar-refractivity contribution is 5.53. The second-order valence-corrected chi connectivity index (χ2v) is 12.8. The predicted octanol–water partition coefficient (Wildman–Crippen LogP) is 7.51. The fraction of sp³-hybridized carbons (Fsp3) is 0.486. The highest BCUT2D eigenvalue weighted by atomic mass is 19.3. The summed E-state index contributed by atoms with van der Waals surface area (Å²) in [4.78, 5) is 3.62. The first kappa shape index (κ1) is 29.9. The van der Waals surface area contributed by atoms with E-state index in [0.717, 1.165) is 76.3 Å². The first-order valence-electron chi connectivity index (χ1n) is 15.6. The van der Waals surface area contributed by atoms with Crippen molar-refractivity contribution in [3.8, 4) is 5.75 Å². The summed E-state index contributed by atoms with van der Waals surface area (Å²) in [6, 6.07) is 17.1. The SMILES string of the molecule is CC(F)(F)CN1CCc2cc(OCc3ccccc3)ccc2C1c1c(F)cc(N2CCC3(CCCNCCC3)C2)cc1F. The van der Waals surface area contributed by atoms with Crippen LogP contribution >= 0.6 is 0 Å². The molecular formula is C35H41F4N3O. The summed E-state index contributed by atoms with van der Waals surface area (Å²) in [6.07, 6.45) is 5.92. The van der Waals surface area contributed by atoms with Crippen molar-refractivity contribution in [2.45, 2.75) is 64.0 Å². The first-order chi connectivity index (χ1) is 20.7. The molecule has 2 saturated heterocycles. The molecule has 1 spiro atoms. The quantitative estimate of drug-likeness (QED) is 0.286. The molecule has 0 saturated carbocycles. The number of alkyl halides is 2. The molecule has 3 aromatic carbocycles. The number of benzene rings is 3. The third-order valence-electron chi connectivity index (χ3n) is 9.43. The molecule has 0 aliphatic carbocycles. The number of halogens is 4. The Morgan fingerprint density at radius 2 is 1.65 bits per heavy atom. The lowest BCUT2D eigenvalue weighted by Crippen LogP contribution is -2.43. The Morgan fingerprint density at radius 3 is 2.35 bits per heavy atom. The Balaban J connectivity index is 1.28. The number of nitrogens with one attached hydrogen (secondary N) is 1. The second kappa shape index (κ2) is 12.5. The van der Waals surface area contributed by atoms with Crippen molar-refractivity contribution in [1.82, 2.24) is 10.2 Å². The lowest BCUT2D eigenvalue weighted by molar-refractivity contribution is -0.0245. The largest absolute Gasteiger partial charge is 0.489 e. The molecule has 0 bridgehead atoms. The summed E-state index contributed by atoms with van der Waals surface area (Å²) < 4.78 is 66.8. The van der Waals surface area contributed by atoms with Crippen LogP contribution in [0.25, 0.3) is 0 Å². The molecule has 0 aromatic heterocycles. The zero-order valence-electron chi connectivity index (χ0n) is 24.9. The van der Waals surface area contributed by atoms with Crippen molar-refractivity contribution < 1.29 is 22.3 Å². The van der Waals surface area contributed by atoms with E-state index >= 15 is 8.78 Å². The summed E-state index contributed by atoms with van der Waals surface area (Å²) in [6.45, 7) is 4.48. The fourth-order valence-corrected chi connectivity index (χ4v) is 7.36. The van der Waals surface area contributed by atoms with Gasteiger partial charge in [-0.1, -0.05) is 36.4 Å². The van der Waals surface area contributed by atoms with E-state index in [2.05, 4.69) is 10.2 Å². The Kier molecular flexibility index (Phi) is 8.70. The Bertz CT molecular complexity index is 1380. The minimum Gasteiger partial charge on any atom is -0.489 e. The Morgan fingerprint density at radius 1 is 0.930 bits per heavy atom. The molecule has 1 unspecified atom stereocenters. The summed E-state index contributed by atoms with van der Waals surface area (Å²) >= 11 is 0. The number of hydrogen-bond acceptors (Lipinski definition) is 4. The lowest BCUT2D eigenvalue weighted by Gasteiger charge is -2.39. The minimum atomic E-state index is -3.02. The summed E-state index contributed by atoms with van der Waals surface area (Å²) in [5.74, 6) is -3.76. The normalized spacial score (nSPS) is 21.0. The van der Waals surface area contributed by atoms with Gasteiger partial charge in [0, 0.05) is 37.8 Å². The zero-order chi connectivity index (χ0) is 30.0. The number of nitrogens with zero attached hydrogens (tertiary/aromatic N) is 2. The molecule has 0 amide bonds. The van der Waals surface area contributed by atoms with Crippen molar-refractivity contribution >= 4 is 5.69 Å². The fourth-order valence-electron chi connectivity index (χ4n) is 7.36. The van der Waals surface area contributed by atoms with Gasteiger partial charge < -0.3 is 15.0 Å². The monoisotopic (exact) mass is 595 g/mol. The molecule has 4 nitrogen and oxygen atoms in total. The average molecular weight is 596 g/mol. The number of anilines is 1. The molecule has 1 atom stereocenters. The van der Waals surface area contributed by atoms with E-state index in [1.54, 1.807) is 12.1 Å². The molecular weight excluding hydrogens is 554 g/mol. The van der Waals surface area contributed by atoms with E-state index in [4.69, 9.17) is 4.74 Å². The van der Waals surface area contributed by atoms with Gasteiger partial charge in [-0.25, -0.2) is 17.6 Å². The van der Waals surface area contributed by atoms with Gasteiger partial charge in [-0.2, -0.15) is 0 Å². The summed E-state index contributed by atoms with van der Waals surface area (Å²) in [5, 5.41) is 3.46. The van der Waals surface area contributed by atoms with Crippen molar-refractivity contribution in [2.75, 3.05) is 44.2 Å². The molecule has 230 valence electrons. The number of hydrogen-bond donors (Lipinski definition) is 1. The highest BCUT2D eigenvalue weighted by Crippen LogP contribution is 2.44. The van der Waals surface area contributed by atoms with Crippen LogP contribution in [0.1, 0.15) is 67.3 Å². The third kappa shape index (κ3) is 6.86. The molecule has 43 heavy (non-hydrogen) atoms. The third-order valence-corrected chi connectivity index (χ3v) is 9.43. The lowest BCUT2D eigenvalue weighted by atomic mass is 9.77. The number of fused-ring (bicyclic) bond motifs is 1. The van der Waals surface area contributed by atoms with Gasteiger partial charge in [0.05, 0.1) is 12.6 Å². The molecule has 3 aliphatic heterocycles. The van der Waals surface area contributed by atoms with Gasteiger partial charge in [-0.15, -0.1) is 0 Å². The van der Waals surface area contributed by atoms with Crippen molar-refractivity contribution in [2.24, 2.45) is 5.41 Å². The number of ether oxygens (including phenoxy) is 1. The standard InChI is InChI=1S/C35H41F4N3O/c1-34(38,39)23-42-17-11-26-19-28(43-22-25-7-3-2-4-8-25)9-10-29(26)33(42)32-30(36)20-27(21-31(32)37)41-18-14-35(24-41)12-5-15-40-16-6-13-35/h2-4,7-10,19-21,33,40H,5-6,11-18,22-24H2,1H3. The topological polar surface area (TPSA) is 27.7 Å². The summed E-state index contributed by atoms with van der Waals surface area (Å²) in [7, 11) is 0. The molecule has 2 fully saturated rings. The number of rotatable bonds is 7. The molecule has 8 heteroatoms. The smallest absolute Gasteiger partial charge is 0.257 e. The van der Waals surface area contributed by atoms with Crippen molar-refractivity contribution in [1.29, 1.82) is 0 Å². The molecule has 3 aliphatic rings. The van der Waals surface area contributed by atoms with E-state index in [9.17, 15) is 8.78 Å². The van der Waals surface area contributed by atoms with Gasteiger partial charge in [0.25, 0.3) is 5.92 Å². The molecule has 6 rings (SSSR count). The van der Waals surface area contributed by atoms with Crippen LogP contribution in [0.2, 0.25) is 0 Å². The average Bonchev–Trinajstić information content (AvgIpc) is 3.39. The molecule has 1 N–H and O–H groups in total. The van der Waals surface area contributed by atoms with Crippen LogP contribution in [0.3, 0.4) is 0 Å². The molecule has 3 heterocycles. The van der Waals surface area contributed by atoms with Gasteiger partial charge in [-0.3, -0.25) is 4.90 Å². The van der Waals surface area contributed by atoms with E-state index in [1.165, 1.54) is 17.0 Å². The highest BCUT2D eigenvalue weighted by Gasteiger charge is 2.40. The maximum atomic E-state index is 16.1. The zero-order valence-corrected chi connectivity index (χ0v) is 24.9. The maximum absolute atomic E-state index is 16.1. The van der Waals surface area contributed by atoms with Crippen LogP contribution in [0, 0.1) is 17.0 Å². The Hall–Kier alpha value is -3.10. The second-order valence-electron chi connectivity index (χ2n) is 12.8. The van der Waals surface area contributed by atoms with Crippen LogP contribution in [0.15, 0.2) is 60.7 Å². The van der Waals surface area contributed by atoms with Crippen LogP contribution in [-0.4, -0.2) is 50.1 Å². The first-order valence-corrected chi connectivity index (χ1v) is 15.6. The van der Waals surface area contributed by atoms with Gasteiger partial charge in [-0.05, 0) is 98.0 Å². The van der Waals surface area contributed by atoms with Gasteiger partial charge in [0.2, 0.25) is 0 Å². The maximum Gasteiger partial charge on any atom is 0.257 e. The summed E-state index contributed by atoms with van der Waals surface area (Å²) in [5.41, 5.74) is 3.06. The Labute approximate surface area is 252 Å². The van der Waals surface area contributed by atoms with E-state index in [0.29, 0.717) is 30.0 Å². The van der Waals surface area contributed by atoms with Gasteiger partial charge >= 0.3 is 0 Å². The predicted molar refractivity (Wildman–Crippen MR) is 162 cm³/mol. The van der Waals surface area contributed by atoms with E-state index in [-0.39, 0.29) is 17.5 Å².